The van der Waals surface area contributed by atoms with Crippen molar-refractivity contribution in [3.05, 3.63) is 0 Å². The van der Waals surface area contributed by atoms with Gasteiger partial charge in [-0.3, -0.25) is 4.79 Å². The largest absolute Gasteiger partial charge is 0.481 e. The van der Waals surface area contributed by atoms with Gasteiger partial charge in [0.1, 0.15) is 0 Å². The zero-order valence-electron chi connectivity index (χ0n) is 10.4. The number of carbonyl (C=O) groups is 2. The fraction of sp³-hybridized carbons (Fsp3) is 0.778. The number of aliphatic hydroxyl groups is 1. The molecule has 0 fully saturated rings. The Morgan fingerprint density at radius 3 is 1.73 bits per heavy atom. The van der Waals surface area contributed by atoms with Crippen LogP contribution in [-0.4, -0.2) is 59.1 Å². The molecule has 0 bridgehead atoms. The SMILES string of the molecule is COC(=O)C(O)(CC(=O)O)C(F)(F)C(F)(F)C(F)(F)C(F)F. The van der Waals surface area contributed by atoms with Crippen molar-refractivity contribution >= 4 is 11.9 Å². The Labute approximate surface area is 116 Å². The summed E-state index contributed by atoms with van der Waals surface area (Å²) in [4.78, 5) is 21.3. The average Bonchev–Trinajstić information content (AvgIpc) is 2.35. The van der Waals surface area contributed by atoms with E-state index in [1.54, 1.807) is 0 Å². The van der Waals surface area contributed by atoms with Gasteiger partial charge in [-0.05, 0) is 0 Å². The van der Waals surface area contributed by atoms with E-state index in [0.717, 1.165) is 0 Å². The third-order valence-electron chi connectivity index (χ3n) is 2.54. The molecule has 5 nitrogen and oxygen atoms in total. The standard InChI is InChI=1S/C9H8F8O5/c1-22-5(20)6(21,2-3(18)19)8(14,15)9(16,17)7(12,13)4(10)11/h4,21H,2H2,1H3,(H,18,19). The van der Waals surface area contributed by atoms with Gasteiger partial charge in [-0.1, -0.05) is 0 Å². The van der Waals surface area contributed by atoms with Crippen molar-refractivity contribution in [3.8, 4) is 0 Å². The molecule has 0 aliphatic carbocycles. The number of esters is 1. The van der Waals surface area contributed by atoms with Crippen molar-refractivity contribution in [2.24, 2.45) is 0 Å². The van der Waals surface area contributed by atoms with Crippen LogP contribution in [0.25, 0.3) is 0 Å². The van der Waals surface area contributed by atoms with Crippen molar-refractivity contribution in [3.63, 3.8) is 0 Å². The average molecular weight is 348 g/mol. The first kappa shape index (κ1) is 20.3. The Bertz CT molecular complexity index is 451. The Hall–Kier alpha value is -1.66. The highest BCUT2D eigenvalue weighted by Gasteiger charge is 2.83. The number of halogens is 8. The molecule has 0 heterocycles. The van der Waals surface area contributed by atoms with Crippen LogP contribution >= 0.6 is 0 Å². The van der Waals surface area contributed by atoms with E-state index in [2.05, 4.69) is 4.74 Å². The number of aliphatic carboxylic acids is 1. The van der Waals surface area contributed by atoms with E-state index in [1.807, 2.05) is 0 Å². The molecule has 0 aromatic rings. The first-order valence-electron chi connectivity index (χ1n) is 5.03. The number of carboxylic acids is 1. The number of carboxylic acid groups (broad SMARTS) is 1. The molecule has 0 amide bonds. The van der Waals surface area contributed by atoms with Gasteiger partial charge in [0, 0.05) is 0 Å². The fourth-order valence-corrected chi connectivity index (χ4v) is 1.31. The van der Waals surface area contributed by atoms with E-state index in [1.165, 1.54) is 0 Å². The molecule has 0 aliphatic heterocycles. The third kappa shape index (κ3) is 2.80. The molecule has 0 aliphatic rings. The lowest BCUT2D eigenvalue weighted by molar-refractivity contribution is -0.370. The summed E-state index contributed by atoms with van der Waals surface area (Å²) in [5.74, 6) is -25.4. The van der Waals surface area contributed by atoms with Crippen LogP contribution < -0.4 is 0 Å². The maximum Gasteiger partial charge on any atom is 0.381 e. The molecular formula is C9H8F8O5. The van der Waals surface area contributed by atoms with Crippen LogP contribution in [0.1, 0.15) is 6.42 Å². The van der Waals surface area contributed by atoms with Gasteiger partial charge in [0.05, 0.1) is 13.5 Å². The lowest BCUT2D eigenvalue weighted by Gasteiger charge is -2.39. The number of methoxy groups -OCH3 is 1. The van der Waals surface area contributed by atoms with Crippen molar-refractivity contribution in [1.82, 2.24) is 0 Å². The minimum atomic E-state index is -6.97. The second-order valence-electron chi connectivity index (χ2n) is 3.99. The van der Waals surface area contributed by atoms with Gasteiger partial charge in [0.2, 0.25) is 5.60 Å². The van der Waals surface area contributed by atoms with Crippen LogP contribution in [0.3, 0.4) is 0 Å². The molecule has 0 spiro atoms. The number of ether oxygens (including phenoxy) is 1. The second kappa shape index (κ2) is 5.85. The molecule has 0 aromatic heterocycles. The normalized spacial score (nSPS) is 16.3. The highest BCUT2D eigenvalue weighted by molar-refractivity contribution is 5.86. The van der Waals surface area contributed by atoms with Crippen LogP contribution in [-0.2, 0) is 14.3 Å². The van der Waals surface area contributed by atoms with Gasteiger partial charge in [-0.25, -0.2) is 13.6 Å². The third-order valence-corrected chi connectivity index (χ3v) is 2.54. The Kier molecular flexibility index (Phi) is 5.41. The van der Waals surface area contributed by atoms with Crippen LogP contribution in [0.5, 0.6) is 0 Å². The molecule has 1 atom stereocenters. The van der Waals surface area contributed by atoms with E-state index < -0.39 is 48.2 Å². The Balaban J connectivity index is 6.22. The zero-order chi connectivity index (χ0) is 18.1. The van der Waals surface area contributed by atoms with Gasteiger partial charge in [-0.15, -0.1) is 0 Å². The minimum Gasteiger partial charge on any atom is -0.481 e. The Morgan fingerprint density at radius 2 is 1.45 bits per heavy atom. The van der Waals surface area contributed by atoms with E-state index in [9.17, 15) is 49.8 Å². The van der Waals surface area contributed by atoms with Crippen molar-refractivity contribution in [2.75, 3.05) is 7.11 Å². The van der Waals surface area contributed by atoms with Crippen molar-refractivity contribution in [2.45, 2.75) is 36.2 Å². The molecule has 22 heavy (non-hydrogen) atoms. The summed E-state index contributed by atoms with van der Waals surface area (Å²) in [7, 11) is 0.245. The van der Waals surface area contributed by atoms with Crippen molar-refractivity contribution < 1.29 is 59.7 Å². The fourth-order valence-electron chi connectivity index (χ4n) is 1.31. The van der Waals surface area contributed by atoms with E-state index in [4.69, 9.17) is 5.11 Å². The summed E-state index contributed by atoms with van der Waals surface area (Å²) in [6.07, 6.45) is -7.79. The minimum absolute atomic E-state index is 0.245. The van der Waals surface area contributed by atoms with Gasteiger partial charge < -0.3 is 14.9 Å². The number of hydrogen-bond acceptors (Lipinski definition) is 4. The van der Waals surface area contributed by atoms with E-state index >= 15 is 0 Å². The number of rotatable bonds is 7. The first-order valence-corrected chi connectivity index (χ1v) is 5.03. The summed E-state index contributed by atoms with van der Waals surface area (Å²) < 4.78 is 106. The van der Waals surface area contributed by atoms with Crippen LogP contribution in [0.15, 0.2) is 0 Å². The first-order chi connectivity index (χ1) is 9.59. The van der Waals surface area contributed by atoms with Gasteiger partial charge in [0.25, 0.3) is 0 Å². The van der Waals surface area contributed by atoms with Crippen LogP contribution in [0.2, 0.25) is 0 Å². The predicted molar refractivity (Wildman–Crippen MR) is 50.1 cm³/mol. The lowest BCUT2D eigenvalue weighted by atomic mass is 9.85. The summed E-state index contributed by atoms with van der Waals surface area (Å²) in [6, 6.07) is 0. The summed E-state index contributed by atoms with van der Waals surface area (Å²) in [5, 5.41) is 17.4. The highest BCUT2D eigenvalue weighted by atomic mass is 19.4. The molecule has 0 saturated carbocycles. The molecule has 0 saturated heterocycles. The molecule has 130 valence electrons. The molecule has 0 radical (unpaired) electrons. The molecule has 13 heteroatoms. The second-order valence-corrected chi connectivity index (χ2v) is 3.99. The summed E-state index contributed by atoms with van der Waals surface area (Å²) >= 11 is 0. The molecular weight excluding hydrogens is 340 g/mol. The molecule has 2 N–H and O–H groups in total. The van der Waals surface area contributed by atoms with Crippen molar-refractivity contribution in [1.29, 1.82) is 0 Å². The summed E-state index contributed by atoms with van der Waals surface area (Å²) in [5.41, 5.74) is -5.00. The van der Waals surface area contributed by atoms with Crippen LogP contribution in [0.4, 0.5) is 35.1 Å². The smallest absolute Gasteiger partial charge is 0.381 e. The Morgan fingerprint density at radius 1 is 1.05 bits per heavy atom. The topological polar surface area (TPSA) is 83.8 Å². The zero-order valence-corrected chi connectivity index (χ0v) is 10.4. The molecule has 0 rings (SSSR count). The summed E-state index contributed by atoms with van der Waals surface area (Å²) in [6.45, 7) is 0. The number of carbonyl (C=O) groups excluding carboxylic acids is 1. The van der Waals surface area contributed by atoms with Gasteiger partial charge >= 0.3 is 36.1 Å². The monoisotopic (exact) mass is 348 g/mol. The van der Waals surface area contributed by atoms with Crippen LogP contribution in [0, 0.1) is 0 Å². The van der Waals surface area contributed by atoms with E-state index in [-0.39, 0.29) is 7.11 Å². The van der Waals surface area contributed by atoms with Gasteiger partial charge in [0.15, 0.2) is 0 Å². The lowest BCUT2D eigenvalue weighted by Crippen LogP contribution is -2.70. The van der Waals surface area contributed by atoms with E-state index in [0.29, 0.717) is 0 Å². The quantitative estimate of drug-likeness (QED) is 0.539. The maximum absolute atomic E-state index is 13.5. The predicted octanol–water partition coefficient (Wildman–Crippen LogP) is 1.54. The number of hydrogen-bond donors (Lipinski definition) is 2. The maximum atomic E-state index is 13.5. The molecule has 0 aromatic carbocycles. The molecule has 1 unspecified atom stereocenters. The number of alkyl halides is 8. The highest BCUT2D eigenvalue weighted by Crippen LogP contribution is 2.53. The van der Waals surface area contributed by atoms with Gasteiger partial charge in [-0.2, -0.15) is 26.3 Å².